The fourth-order valence-corrected chi connectivity index (χ4v) is 2.26. The van der Waals surface area contributed by atoms with Crippen LogP contribution >= 0.6 is 0 Å². The predicted octanol–water partition coefficient (Wildman–Crippen LogP) is 1.46. The minimum absolute atomic E-state index is 0.0402. The Balaban J connectivity index is 1.84. The molecule has 4 nitrogen and oxygen atoms in total. The van der Waals surface area contributed by atoms with Gasteiger partial charge in [-0.05, 0) is 51.0 Å². The van der Waals surface area contributed by atoms with Crippen LogP contribution in [-0.4, -0.2) is 42.6 Å². The van der Waals surface area contributed by atoms with E-state index in [0.717, 1.165) is 25.9 Å². The maximum absolute atomic E-state index is 11.9. The number of aromatic hydroxyl groups is 1. The molecular weight excluding hydrogens is 228 g/mol. The van der Waals surface area contributed by atoms with Gasteiger partial charge in [0.25, 0.3) is 5.91 Å². The number of amides is 1. The molecule has 2 rings (SSSR count). The summed E-state index contributed by atoms with van der Waals surface area (Å²) in [4.78, 5) is 14.2. The lowest BCUT2D eigenvalue weighted by atomic mass is 9.97. The Hall–Kier alpha value is -1.55. The van der Waals surface area contributed by atoms with Crippen LogP contribution in [0.15, 0.2) is 24.3 Å². The number of para-hydroxylation sites is 1. The number of rotatable bonds is 3. The molecule has 0 aromatic heterocycles. The summed E-state index contributed by atoms with van der Waals surface area (Å²) in [5.74, 6) is 0.404. The zero-order chi connectivity index (χ0) is 13.0. The van der Waals surface area contributed by atoms with Crippen molar-refractivity contribution in [3.05, 3.63) is 29.8 Å². The van der Waals surface area contributed by atoms with Crippen LogP contribution < -0.4 is 5.32 Å². The first-order valence-corrected chi connectivity index (χ1v) is 6.41. The molecule has 1 aromatic rings. The number of nitrogens with zero attached hydrogens (tertiary/aromatic N) is 1. The lowest BCUT2D eigenvalue weighted by Crippen LogP contribution is -2.36. The van der Waals surface area contributed by atoms with Crippen molar-refractivity contribution < 1.29 is 9.90 Å². The normalized spacial score (nSPS) is 17.6. The Labute approximate surface area is 108 Å². The topological polar surface area (TPSA) is 52.6 Å². The minimum atomic E-state index is -0.188. The summed E-state index contributed by atoms with van der Waals surface area (Å²) in [7, 11) is 2.12. The molecule has 0 spiro atoms. The first-order chi connectivity index (χ1) is 8.66. The van der Waals surface area contributed by atoms with E-state index in [1.165, 1.54) is 6.07 Å². The highest BCUT2D eigenvalue weighted by Gasteiger charge is 2.18. The number of benzene rings is 1. The average molecular weight is 248 g/mol. The van der Waals surface area contributed by atoms with Crippen LogP contribution in [0.3, 0.4) is 0 Å². The van der Waals surface area contributed by atoms with Crippen LogP contribution in [0, 0.1) is 5.92 Å². The molecule has 0 radical (unpaired) electrons. The van der Waals surface area contributed by atoms with Crippen molar-refractivity contribution >= 4 is 5.91 Å². The first-order valence-electron chi connectivity index (χ1n) is 6.41. The van der Waals surface area contributed by atoms with Crippen LogP contribution in [0.1, 0.15) is 23.2 Å². The molecular formula is C14H20N2O2. The number of hydrogen-bond donors (Lipinski definition) is 2. The highest BCUT2D eigenvalue weighted by molar-refractivity contribution is 5.96. The van der Waals surface area contributed by atoms with Crippen LogP contribution in [0.5, 0.6) is 5.75 Å². The largest absolute Gasteiger partial charge is 0.507 e. The van der Waals surface area contributed by atoms with E-state index in [9.17, 15) is 9.90 Å². The van der Waals surface area contributed by atoms with Crippen molar-refractivity contribution in [1.82, 2.24) is 10.2 Å². The van der Waals surface area contributed by atoms with Crippen LogP contribution in [0.2, 0.25) is 0 Å². The summed E-state index contributed by atoms with van der Waals surface area (Å²) in [5.41, 5.74) is 0.352. The van der Waals surface area contributed by atoms with E-state index < -0.39 is 0 Å². The number of hydrogen-bond acceptors (Lipinski definition) is 3. The number of likely N-dealkylation sites (tertiary alicyclic amines) is 1. The van der Waals surface area contributed by atoms with E-state index in [-0.39, 0.29) is 11.7 Å². The molecule has 18 heavy (non-hydrogen) atoms. The van der Waals surface area contributed by atoms with E-state index in [4.69, 9.17) is 0 Å². The maximum atomic E-state index is 11.9. The molecule has 1 fully saturated rings. The van der Waals surface area contributed by atoms with E-state index in [1.54, 1.807) is 18.2 Å². The zero-order valence-electron chi connectivity index (χ0n) is 10.7. The van der Waals surface area contributed by atoms with Gasteiger partial charge in [0.05, 0.1) is 5.56 Å². The Morgan fingerprint density at radius 1 is 1.39 bits per heavy atom. The van der Waals surface area contributed by atoms with Crippen LogP contribution in [-0.2, 0) is 0 Å². The smallest absolute Gasteiger partial charge is 0.255 e. The Morgan fingerprint density at radius 3 is 2.72 bits per heavy atom. The second-order valence-corrected chi connectivity index (χ2v) is 4.97. The molecule has 1 amide bonds. The molecule has 0 saturated carbocycles. The molecule has 1 saturated heterocycles. The minimum Gasteiger partial charge on any atom is -0.507 e. The summed E-state index contributed by atoms with van der Waals surface area (Å²) in [6, 6.07) is 6.64. The molecule has 0 atom stereocenters. The van der Waals surface area contributed by atoms with Gasteiger partial charge in [-0.2, -0.15) is 0 Å². The van der Waals surface area contributed by atoms with Crippen molar-refractivity contribution in [2.24, 2.45) is 5.92 Å². The highest BCUT2D eigenvalue weighted by atomic mass is 16.3. The Bertz CT molecular complexity index is 412. The molecule has 0 aliphatic carbocycles. The molecule has 0 bridgehead atoms. The van der Waals surface area contributed by atoms with Crippen molar-refractivity contribution in [2.75, 3.05) is 26.7 Å². The van der Waals surface area contributed by atoms with Crippen LogP contribution in [0.4, 0.5) is 0 Å². The molecule has 2 N–H and O–H groups in total. The van der Waals surface area contributed by atoms with Gasteiger partial charge in [0.2, 0.25) is 0 Å². The summed E-state index contributed by atoms with van der Waals surface area (Å²) in [6.07, 6.45) is 2.25. The SMILES string of the molecule is CN1CCC(CNC(=O)c2ccccc2O)CC1. The van der Waals surface area contributed by atoms with E-state index >= 15 is 0 Å². The van der Waals surface area contributed by atoms with Gasteiger partial charge in [0.1, 0.15) is 5.75 Å². The highest BCUT2D eigenvalue weighted by Crippen LogP contribution is 2.17. The Morgan fingerprint density at radius 2 is 2.06 bits per heavy atom. The molecule has 1 aliphatic heterocycles. The van der Waals surface area contributed by atoms with Gasteiger partial charge in [-0.15, -0.1) is 0 Å². The summed E-state index contributed by atoms with van der Waals surface area (Å²) < 4.78 is 0. The quantitative estimate of drug-likeness (QED) is 0.851. The number of phenols is 1. The van der Waals surface area contributed by atoms with Crippen molar-refractivity contribution in [3.63, 3.8) is 0 Å². The summed E-state index contributed by atoms with van der Waals surface area (Å²) in [6.45, 7) is 2.88. The third kappa shape index (κ3) is 3.23. The van der Waals surface area contributed by atoms with Gasteiger partial charge in [0.15, 0.2) is 0 Å². The monoisotopic (exact) mass is 248 g/mol. The molecule has 4 heteroatoms. The lowest BCUT2D eigenvalue weighted by molar-refractivity contribution is 0.0936. The predicted molar refractivity (Wildman–Crippen MR) is 70.7 cm³/mol. The number of piperidine rings is 1. The number of phenolic OH excluding ortho intramolecular Hbond substituents is 1. The van der Waals surface area contributed by atoms with Crippen LogP contribution in [0.25, 0.3) is 0 Å². The third-order valence-electron chi connectivity index (χ3n) is 3.54. The average Bonchev–Trinajstić information content (AvgIpc) is 2.38. The second kappa shape index (κ2) is 5.87. The molecule has 1 aromatic carbocycles. The second-order valence-electron chi connectivity index (χ2n) is 4.97. The molecule has 98 valence electrons. The fourth-order valence-electron chi connectivity index (χ4n) is 2.26. The Kier molecular flexibility index (Phi) is 4.20. The van der Waals surface area contributed by atoms with E-state index in [1.807, 2.05) is 0 Å². The van der Waals surface area contributed by atoms with Gasteiger partial charge in [0, 0.05) is 6.54 Å². The summed E-state index contributed by atoms with van der Waals surface area (Å²) >= 11 is 0. The van der Waals surface area contributed by atoms with Gasteiger partial charge >= 0.3 is 0 Å². The fraction of sp³-hybridized carbons (Fsp3) is 0.500. The van der Waals surface area contributed by atoms with Crippen molar-refractivity contribution in [2.45, 2.75) is 12.8 Å². The summed E-state index contributed by atoms with van der Waals surface area (Å²) in [5, 5.41) is 12.5. The lowest BCUT2D eigenvalue weighted by Gasteiger charge is -2.28. The van der Waals surface area contributed by atoms with Gasteiger partial charge in [-0.25, -0.2) is 0 Å². The zero-order valence-corrected chi connectivity index (χ0v) is 10.7. The molecule has 1 heterocycles. The first kappa shape index (κ1) is 12.9. The number of carbonyl (C=O) groups excluding carboxylic acids is 1. The van der Waals surface area contributed by atoms with Crippen molar-refractivity contribution in [3.8, 4) is 5.75 Å². The van der Waals surface area contributed by atoms with Gasteiger partial charge in [-0.1, -0.05) is 12.1 Å². The number of carbonyl (C=O) groups is 1. The van der Waals surface area contributed by atoms with E-state index in [0.29, 0.717) is 18.0 Å². The molecule has 1 aliphatic rings. The molecule has 0 unspecified atom stereocenters. The third-order valence-corrected chi connectivity index (χ3v) is 3.54. The van der Waals surface area contributed by atoms with Gasteiger partial charge < -0.3 is 15.3 Å². The van der Waals surface area contributed by atoms with E-state index in [2.05, 4.69) is 17.3 Å². The van der Waals surface area contributed by atoms with Gasteiger partial charge in [-0.3, -0.25) is 4.79 Å². The van der Waals surface area contributed by atoms with Crippen molar-refractivity contribution in [1.29, 1.82) is 0 Å². The standard InChI is InChI=1S/C14H20N2O2/c1-16-8-6-11(7-9-16)10-15-14(18)12-4-2-3-5-13(12)17/h2-5,11,17H,6-10H2,1H3,(H,15,18). The number of nitrogens with one attached hydrogen (secondary N) is 1. The maximum Gasteiger partial charge on any atom is 0.255 e.